The van der Waals surface area contributed by atoms with Gasteiger partial charge in [0.1, 0.15) is 5.00 Å². The number of primary amides is 1. The quantitative estimate of drug-likeness (QED) is 0.890. The highest BCUT2D eigenvalue weighted by molar-refractivity contribution is 7.16. The highest BCUT2D eigenvalue weighted by atomic mass is 32.1. The van der Waals surface area contributed by atoms with Crippen molar-refractivity contribution in [1.82, 2.24) is 9.78 Å². The van der Waals surface area contributed by atoms with Gasteiger partial charge in [-0.3, -0.25) is 14.3 Å². The number of anilines is 1. The Morgan fingerprint density at radius 2 is 2.11 bits per heavy atom. The van der Waals surface area contributed by atoms with E-state index in [2.05, 4.69) is 10.4 Å². The molecule has 0 aliphatic rings. The Hall–Kier alpha value is -2.15. The Bertz CT molecular complexity index is 657. The SMILES string of the molecule is Cc1sc(NC(=O)c2cnn(C)c2)c(C(N)=O)c1C. The van der Waals surface area contributed by atoms with Crippen LogP contribution in [0.2, 0.25) is 0 Å². The first-order valence-electron chi connectivity index (χ1n) is 5.60. The van der Waals surface area contributed by atoms with E-state index >= 15 is 0 Å². The van der Waals surface area contributed by atoms with E-state index in [1.807, 2.05) is 13.8 Å². The van der Waals surface area contributed by atoms with E-state index in [0.717, 1.165) is 10.4 Å². The second kappa shape index (κ2) is 4.85. The van der Waals surface area contributed by atoms with Crippen molar-refractivity contribution in [2.45, 2.75) is 13.8 Å². The van der Waals surface area contributed by atoms with Crippen molar-refractivity contribution in [2.75, 3.05) is 5.32 Å². The van der Waals surface area contributed by atoms with Gasteiger partial charge in [0.15, 0.2) is 0 Å². The maximum Gasteiger partial charge on any atom is 0.259 e. The van der Waals surface area contributed by atoms with Crippen molar-refractivity contribution in [3.8, 4) is 0 Å². The lowest BCUT2D eigenvalue weighted by Gasteiger charge is -2.03. The molecule has 2 aromatic rings. The minimum absolute atomic E-state index is 0.308. The molecular weight excluding hydrogens is 264 g/mol. The lowest BCUT2D eigenvalue weighted by atomic mass is 10.1. The molecule has 2 rings (SSSR count). The van der Waals surface area contributed by atoms with Gasteiger partial charge < -0.3 is 11.1 Å². The second-order valence-corrected chi connectivity index (χ2v) is 5.43. The van der Waals surface area contributed by atoms with Crippen molar-refractivity contribution >= 4 is 28.2 Å². The van der Waals surface area contributed by atoms with Crippen LogP contribution in [-0.2, 0) is 7.05 Å². The largest absolute Gasteiger partial charge is 0.365 e. The summed E-state index contributed by atoms with van der Waals surface area (Å²) >= 11 is 1.34. The van der Waals surface area contributed by atoms with Crippen LogP contribution in [0.5, 0.6) is 0 Å². The number of carbonyl (C=O) groups is 2. The fourth-order valence-corrected chi connectivity index (χ4v) is 2.79. The molecule has 6 nitrogen and oxygen atoms in total. The van der Waals surface area contributed by atoms with E-state index in [1.165, 1.54) is 22.2 Å². The van der Waals surface area contributed by atoms with Crippen molar-refractivity contribution in [3.63, 3.8) is 0 Å². The fraction of sp³-hybridized carbons (Fsp3) is 0.250. The lowest BCUT2D eigenvalue weighted by molar-refractivity contribution is 0.100. The molecule has 2 heterocycles. The summed E-state index contributed by atoms with van der Waals surface area (Å²) in [4.78, 5) is 24.4. The third kappa shape index (κ3) is 2.50. The van der Waals surface area contributed by atoms with E-state index in [4.69, 9.17) is 5.73 Å². The number of nitrogens with zero attached hydrogens (tertiary/aromatic N) is 2. The average Bonchev–Trinajstić information content (AvgIpc) is 2.85. The first-order chi connectivity index (χ1) is 8.90. The lowest BCUT2D eigenvalue weighted by Crippen LogP contribution is -2.17. The number of rotatable bonds is 3. The normalized spacial score (nSPS) is 10.5. The smallest absolute Gasteiger partial charge is 0.259 e. The first-order valence-corrected chi connectivity index (χ1v) is 6.41. The number of carbonyl (C=O) groups excluding carboxylic acids is 2. The monoisotopic (exact) mass is 278 g/mol. The van der Waals surface area contributed by atoms with Gasteiger partial charge in [-0.15, -0.1) is 11.3 Å². The molecule has 0 aromatic carbocycles. The number of hydrogen-bond acceptors (Lipinski definition) is 4. The number of aromatic nitrogens is 2. The Morgan fingerprint density at radius 3 is 2.63 bits per heavy atom. The van der Waals surface area contributed by atoms with Gasteiger partial charge in [-0.1, -0.05) is 0 Å². The number of hydrogen-bond donors (Lipinski definition) is 2. The Kier molecular flexibility index (Phi) is 3.39. The van der Waals surface area contributed by atoms with Gasteiger partial charge in [0.25, 0.3) is 11.8 Å². The van der Waals surface area contributed by atoms with E-state index in [0.29, 0.717) is 16.1 Å². The average molecular weight is 278 g/mol. The van der Waals surface area contributed by atoms with Crippen LogP contribution in [0.15, 0.2) is 12.4 Å². The molecule has 0 fully saturated rings. The summed E-state index contributed by atoms with van der Waals surface area (Å²) in [5.74, 6) is -0.847. The summed E-state index contributed by atoms with van der Waals surface area (Å²) in [5.41, 5.74) is 6.96. The third-order valence-electron chi connectivity index (χ3n) is 2.83. The maximum atomic E-state index is 12.0. The standard InChI is InChI=1S/C12H14N4O2S/c1-6-7(2)19-12(9(6)10(13)17)15-11(18)8-4-14-16(3)5-8/h4-5H,1-3H3,(H2,13,17)(H,15,18). The minimum Gasteiger partial charge on any atom is -0.365 e. The van der Waals surface area contributed by atoms with E-state index in [-0.39, 0.29) is 5.91 Å². The molecule has 0 saturated heterocycles. The summed E-state index contributed by atoms with van der Waals surface area (Å²) < 4.78 is 1.54. The summed E-state index contributed by atoms with van der Waals surface area (Å²) in [6.07, 6.45) is 3.07. The molecule has 7 heteroatoms. The van der Waals surface area contributed by atoms with Gasteiger partial charge in [0, 0.05) is 18.1 Å². The fourth-order valence-electron chi connectivity index (χ4n) is 1.73. The zero-order valence-electron chi connectivity index (χ0n) is 10.9. The predicted molar refractivity (Wildman–Crippen MR) is 73.5 cm³/mol. The van der Waals surface area contributed by atoms with Crippen LogP contribution in [0, 0.1) is 13.8 Å². The number of nitrogens with one attached hydrogen (secondary N) is 1. The molecule has 19 heavy (non-hydrogen) atoms. The van der Waals surface area contributed by atoms with Crippen molar-refractivity contribution < 1.29 is 9.59 Å². The molecule has 2 amide bonds. The molecule has 0 aliphatic heterocycles. The Morgan fingerprint density at radius 1 is 1.42 bits per heavy atom. The van der Waals surface area contributed by atoms with Crippen molar-refractivity contribution in [3.05, 3.63) is 34.0 Å². The van der Waals surface area contributed by atoms with Crippen LogP contribution < -0.4 is 11.1 Å². The van der Waals surface area contributed by atoms with Crippen LogP contribution in [0.1, 0.15) is 31.2 Å². The third-order valence-corrected chi connectivity index (χ3v) is 3.95. The molecule has 0 saturated carbocycles. The molecule has 3 N–H and O–H groups in total. The summed E-state index contributed by atoms with van der Waals surface area (Å²) in [5, 5.41) is 7.12. The van der Waals surface area contributed by atoms with Crippen molar-refractivity contribution in [2.24, 2.45) is 12.8 Å². The maximum absolute atomic E-state index is 12.0. The zero-order chi connectivity index (χ0) is 14.2. The Balaban J connectivity index is 2.31. The molecule has 0 radical (unpaired) electrons. The molecule has 0 bridgehead atoms. The Labute approximate surface area is 114 Å². The number of amides is 2. The van der Waals surface area contributed by atoms with Crippen LogP contribution in [0.3, 0.4) is 0 Å². The van der Waals surface area contributed by atoms with Crippen LogP contribution in [0.25, 0.3) is 0 Å². The minimum atomic E-state index is -0.539. The summed E-state index contributed by atoms with van der Waals surface area (Å²) in [6.45, 7) is 3.69. The number of nitrogens with two attached hydrogens (primary N) is 1. The summed E-state index contributed by atoms with van der Waals surface area (Å²) in [6, 6.07) is 0. The van der Waals surface area contributed by atoms with Crippen molar-refractivity contribution in [1.29, 1.82) is 0 Å². The van der Waals surface area contributed by atoms with Crippen LogP contribution >= 0.6 is 11.3 Å². The number of aryl methyl sites for hydroxylation is 2. The molecule has 0 atom stereocenters. The van der Waals surface area contributed by atoms with E-state index < -0.39 is 5.91 Å². The highest BCUT2D eigenvalue weighted by Crippen LogP contribution is 2.32. The first kappa shape index (κ1) is 13.3. The molecular formula is C12H14N4O2S. The molecule has 0 spiro atoms. The molecule has 0 unspecified atom stereocenters. The van der Waals surface area contributed by atoms with E-state index in [9.17, 15) is 9.59 Å². The van der Waals surface area contributed by atoms with Gasteiger partial charge in [-0.2, -0.15) is 5.10 Å². The summed E-state index contributed by atoms with van der Waals surface area (Å²) in [7, 11) is 1.73. The van der Waals surface area contributed by atoms with Gasteiger partial charge in [0.2, 0.25) is 0 Å². The van der Waals surface area contributed by atoms with Gasteiger partial charge in [-0.25, -0.2) is 0 Å². The van der Waals surface area contributed by atoms with Gasteiger partial charge in [-0.05, 0) is 19.4 Å². The highest BCUT2D eigenvalue weighted by Gasteiger charge is 2.19. The zero-order valence-corrected chi connectivity index (χ0v) is 11.7. The predicted octanol–water partition coefficient (Wildman–Crippen LogP) is 1.45. The van der Waals surface area contributed by atoms with Gasteiger partial charge >= 0.3 is 0 Å². The second-order valence-electron chi connectivity index (χ2n) is 4.21. The molecule has 2 aromatic heterocycles. The van der Waals surface area contributed by atoms with Crippen LogP contribution in [-0.4, -0.2) is 21.6 Å². The molecule has 100 valence electrons. The van der Waals surface area contributed by atoms with Crippen LogP contribution in [0.4, 0.5) is 5.00 Å². The van der Waals surface area contributed by atoms with E-state index in [1.54, 1.807) is 13.2 Å². The molecule has 0 aliphatic carbocycles. The number of thiophene rings is 1. The van der Waals surface area contributed by atoms with Gasteiger partial charge in [0.05, 0.1) is 17.3 Å². The topological polar surface area (TPSA) is 90.0 Å².